The van der Waals surface area contributed by atoms with Crippen molar-refractivity contribution in [2.75, 3.05) is 20.3 Å². The highest BCUT2D eigenvalue weighted by Gasteiger charge is 2.22. The van der Waals surface area contributed by atoms with E-state index in [1.165, 1.54) is 25.5 Å². The minimum absolute atomic E-state index is 0.0307. The summed E-state index contributed by atoms with van der Waals surface area (Å²) in [5, 5.41) is 4.03. The first-order valence-electron chi connectivity index (χ1n) is 11.4. The van der Waals surface area contributed by atoms with Crippen molar-refractivity contribution in [2.45, 2.75) is 25.2 Å². The van der Waals surface area contributed by atoms with Crippen LogP contribution in [0.5, 0.6) is 23.0 Å². The molecule has 0 aromatic heterocycles. The minimum atomic E-state index is -4.06. The number of benzene rings is 3. The lowest BCUT2D eigenvalue weighted by molar-refractivity contribution is 0.0954. The Bertz CT molecular complexity index is 1360. The first-order valence-corrected chi connectivity index (χ1v) is 13.9. The van der Waals surface area contributed by atoms with Gasteiger partial charge in [0, 0.05) is 5.56 Å². The maximum Gasteiger partial charge on any atom is 0.339 e. The van der Waals surface area contributed by atoms with Gasteiger partial charge in [-0.25, -0.2) is 5.43 Å². The van der Waals surface area contributed by atoms with Gasteiger partial charge < -0.3 is 18.4 Å². The molecule has 0 aliphatic rings. The largest absolute Gasteiger partial charge is 0.493 e. The topological polar surface area (TPSA) is 113 Å². The lowest BCUT2D eigenvalue weighted by Crippen LogP contribution is -2.17. The van der Waals surface area contributed by atoms with Crippen LogP contribution in [0.25, 0.3) is 0 Å². The third kappa shape index (κ3) is 7.59. The molecule has 0 aliphatic heterocycles. The number of rotatable bonds is 12. The second-order valence-electron chi connectivity index (χ2n) is 7.53. The molecule has 9 nitrogen and oxygen atoms in total. The molecule has 3 aromatic rings. The first kappa shape index (κ1) is 28.3. The molecule has 0 fully saturated rings. The van der Waals surface area contributed by atoms with Crippen molar-refractivity contribution in [3.8, 4) is 23.0 Å². The molecule has 0 radical (unpaired) electrons. The number of ether oxygens (including phenoxy) is 3. The molecule has 196 valence electrons. The Morgan fingerprint density at radius 3 is 2.43 bits per heavy atom. The van der Waals surface area contributed by atoms with E-state index in [0.717, 1.165) is 6.42 Å². The Balaban J connectivity index is 1.77. The number of nitrogens with one attached hydrogen (secondary N) is 1. The number of hydrogen-bond acceptors (Lipinski definition) is 8. The SMILES string of the molecule is CCCOc1ccc(C(=O)N/N=C/c2cc(I)c(OS(=O)(=O)c3ccccc3)c(OCC)c2)cc1OC. The number of hydrogen-bond donors (Lipinski definition) is 1. The number of hydrazone groups is 1. The van der Waals surface area contributed by atoms with Crippen molar-refractivity contribution >= 4 is 44.8 Å². The summed E-state index contributed by atoms with van der Waals surface area (Å²) >= 11 is 1.96. The summed E-state index contributed by atoms with van der Waals surface area (Å²) < 4.78 is 47.9. The van der Waals surface area contributed by atoms with Crippen LogP contribution in [0.1, 0.15) is 36.2 Å². The molecule has 37 heavy (non-hydrogen) atoms. The summed E-state index contributed by atoms with van der Waals surface area (Å²) in [7, 11) is -2.55. The standard InChI is InChI=1S/C26H27IN2O7S/c1-4-13-35-22-12-11-19(16-23(22)33-3)26(30)29-28-17-18-14-21(27)25(24(15-18)34-5-2)36-37(31,32)20-9-7-6-8-10-20/h6-12,14-17H,4-5,13H2,1-3H3,(H,29,30)/b28-17+. The molecule has 0 saturated heterocycles. The highest BCUT2D eigenvalue weighted by molar-refractivity contribution is 14.1. The highest BCUT2D eigenvalue weighted by atomic mass is 127. The van der Waals surface area contributed by atoms with Crippen molar-refractivity contribution in [3.05, 3.63) is 75.4 Å². The average Bonchev–Trinajstić information content (AvgIpc) is 2.90. The fourth-order valence-corrected chi connectivity index (χ4v) is 4.98. The second kappa shape index (κ2) is 13.3. The van der Waals surface area contributed by atoms with Gasteiger partial charge in [0.1, 0.15) is 4.90 Å². The van der Waals surface area contributed by atoms with Gasteiger partial charge in [-0.1, -0.05) is 25.1 Å². The van der Waals surface area contributed by atoms with Crippen LogP contribution in [0.2, 0.25) is 0 Å². The quantitative estimate of drug-likeness (QED) is 0.128. The van der Waals surface area contributed by atoms with Crippen molar-refractivity contribution < 1.29 is 31.6 Å². The van der Waals surface area contributed by atoms with Crippen LogP contribution < -0.4 is 23.8 Å². The summed E-state index contributed by atoms with van der Waals surface area (Å²) in [6.07, 6.45) is 2.27. The smallest absolute Gasteiger partial charge is 0.339 e. The summed E-state index contributed by atoms with van der Waals surface area (Å²) in [6.45, 7) is 4.60. The molecular weight excluding hydrogens is 611 g/mol. The summed E-state index contributed by atoms with van der Waals surface area (Å²) in [4.78, 5) is 12.6. The van der Waals surface area contributed by atoms with E-state index in [9.17, 15) is 13.2 Å². The molecule has 0 atom stereocenters. The van der Waals surface area contributed by atoms with E-state index in [4.69, 9.17) is 18.4 Å². The zero-order chi connectivity index (χ0) is 26.8. The third-order valence-electron chi connectivity index (χ3n) is 4.82. The summed E-state index contributed by atoms with van der Waals surface area (Å²) in [5.74, 6) is 0.866. The molecule has 1 amide bonds. The lowest BCUT2D eigenvalue weighted by atomic mass is 10.2. The van der Waals surface area contributed by atoms with Gasteiger partial charge in [0.25, 0.3) is 5.91 Å². The predicted molar refractivity (Wildman–Crippen MR) is 148 cm³/mol. The Morgan fingerprint density at radius 2 is 1.76 bits per heavy atom. The van der Waals surface area contributed by atoms with E-state index >= 15 is 0 Å². The fraction of sp³-hybridized carbons (Fsp3) is 0.231. The normalized spacial score (nSPS) is 11.2. The first-order chi connectivity index (χ1) is 17.8. The van der Waals surface area contributed by atoms with E-state index in [1.807, 2.05) is 29.5 Å². The van der Waals surface area contributed by atoms with Gasteiger partial charge >= 0.3 is 10.1 Å². The number of halogens is 1. The summed E-state index contributed by atoms with van der Waals surface area (Å²) in [6, 6.07) is 16.0. The molecule has 1 N–H and O–H groups in total. The monoisotopic (exact) mass is 638 g/mol. The van der Waals surface area contributed by atoms with Crippen molar-refractivity contribution in [1.29, 1.82) is 0 Å². The van der Waals surface area contributed by atoms with E-state index in [1.54, 1.807) is 55.5 Å². The molecule has 0 heterocycles. The maximum absolute atomic E-state index is 12.7. The van der Waals surface area contributed by atoms with E-state index in [2.05, 4.69) is 10.5 Å². The fourth-order valence-electron chi connectivity index (χ4n) is 3.12. The van der Waals surface area contributed by atoms with Crippen LogP contribution in [0.4, 0.5) is 0 Å². The summed E-state index contributed by atoms with van der Waals surface area (Å²) in [5.41, 5.74) is 3.38. The van der Waals surface area contributed by atoms with Crippen molar-refractivity contribution in [3.63, 3.8) is 0 Å². The Hall–Kier alpha value is -3.32. The maximum atomic E-state index is 12.7. The Labute approximate surface area is 230 Å². The van der Waals surface area contributed by atoms with Gasteiger partial charge in [-0.05, 0) is 84.0 Å². The van der Waals surface area contributed by atoms with Crippen LogP contribution in [-0.4, -0.2) is 40.9 Å². The molecule has 0 unspecified atom stereocenters. The van der Waals surface area contributed by atoms with Crippen molar-refractivity contribution in [1.82, 2.24) is 5.43 Å². The van der Waals surface area contributed by atoms with Crippen LogP contribution in [0.15, 0.2) is 70.7 Å². The number of methoxy groups -OCH3 is 1. The Kier molecular flexibility index (Phi) is 10.1. The average molecular weight is 638 g/mol. The number of nitrogens with zero attached hydrogens (tertiary/aromatic N) is 1. The Morgan fingerprint density at radius 1 is 1.00 bits per heavy atom. The van der Waals surface area contributed by atoms with Crippen LogP contribution in [0, 0.1) is 3.57 Å². The zero-order valence-corrected chi connectivity index (χ0v) is 23.5. The zero-order valence-electron chi connectivity index (χ0n) is 20.6. The van der Waals surface area contributed by atoms with Gasteiger partial charge in [0.05, 0.1) is 30.1 Å². The van der Waals surface area contributed by atoms with Gasteiger partial charge in [-0.3, -0.25) is 4.79 Å². The molecule has 0 saturated carbocycles. The van der Waals surface area contributed by atoms with Crippen LogP contribution in [-0.2, 0) is 10.1 Å². The van der Waals surface area contributed by atoms with Crippen molar-refractivity contribution in [2.24, 2.45) is 5.10 Å². The highest BCUT2D eigenvalue weighted by Crippen LogP contribution is 2.36. The predicted octanol–water partition coefficient (Wildman–Crippen LogP) is 5.02. The van der Waals surface area contributed by atoms with Gasteiger partial charge in [0.2, 0.25) is 0 Å². The van der Waals surface area contributed by atoms with Crippen LogP contribution >= 0.6 is 22.6 Å². The molecule has 3 aromatic carbocycles. The van der Waals surface area contributed by atoms with E-state index < -0.39 is 16.0 Å². The third-order valence-corrected chi connectivity index (χ3v) is 6.86. The molecule has 0 spiro atoms. The number of amides is 1. The molecule has 3 rings (SSSR count). The minimum Gasteiger partial charge on any atom is -0.493 e. The number of carbonyl (C=O) groups excluding carboxylic acids is 1. The molecular formula is C26H27IN2O7S. The van der Waals surface area contributed by atoms with Gasteiger partial charge in [-0.15, -0.1) is 0 Å². The molecule has 11 heteroatoms. The van der Waals surface area contributed by atoms with E-state index in [-0.39, 0.29) is 23.0 Å². The second-order valence-corrected chi connectivity index (χ2v) is 10.2. The number of carbonyl (C=O) groups is 1. The molecule has 0 aliphatic carbocycles. The van der Waals surface area contributed by atoms with Gasteiger partial charge in [0.15, 0.2) is 23.0 Å². The van der Waals surface area contributed by atoms with E-state index in [0.29, 0.717) is 32.8 Å². The molecule has 0 bridgehead atoms. The van der Waals surface area contributed by atoms with Gasteiger partial charge in [-0.2, -0.15) is 13.5 Å². The lowest BCUT2D eigenvalue weighted by Gasteiger charge is -2.14. The van der Waals surface area contributed by atoms with Crippen LogP contribution in [0.3, 0.4) is 0 Å².